The molecule has 0 saturated carbocycles. The van der Waals surface area contributed by atoms with Gasteiger partial charge in [-0.3, -0.25) is 0 Å². The molecule has 2 rings (SSSR count). The Morgan fingerprint density at radius 1 is 1.35 bits per heavy atom. The summed E-state index contributed by atoms with van der Waals surface area (Å²) in [7, 11) is 0. The van der Waals surface area contributed by atoms with Crippen molar-refractivity contribution < 1.29 is 9.13 Å². The van der Waals surface area contributed by atoms with Gasteiger partial charge in [-0.2, -0.15) is 4.98 Å². The summed E-state index contributed by atoms with van der Waals surface area (Å²) in [5, 5.41) is 2.98. The van der Waals surface area contributed by atoms with Crippen LogP contribution in [-0.4, -0.2) is 16.6 Å². The summed E-state index contributed by atoms with van der Waals surface area (Å²) in [6, 6.07) is 6.50. The number of rotatable bonds is 6. The number of benzene rings is 1. The standard InChI is InChI=1S/C14H15BrFN3O/c1-2-7-20-13-5-6-17-14(19-13)18-9-10-8-11(15)3-4-12(10)16/h3-6,8H,2,7,9H2,1H3,(H,17,18,19). The number of nitrogens with one attached hydrogen (secondary N) is 1. The second kappa shape index (κ2) is 7.19. The minimum atomic E-state index is -0.265. The summed E-state index contributed by atoms with van der Waals surface area (Å²) in [6.45, 7) is 2.94. The molecule has 1 aromatic carbocycles. The third-order valence-corrected chi connectivity index (χ3v) is 3.02. The van der Waals surface area contributed by atoms with Crippen molar-refractivity contribution in [2.45, 2.75) is 19.9 Å². The maximum atomic E-state index is 13.6. The number of hydrogen-bond donors (Lipinski definition) is 1. The zero-order valence-electron chi connectivity index (χ0n) is 11.1. The molecule has 0 atom stereocenters. The first kappa shape index (κ1) is 14.7. The minimum Gasteiger partial charge on any atom is -0.478 e. The Bertz CT molecular complexity index is 580. The van der Waals surface area contributed by atoms with E-state index in [0.717, 1.165) is 10.9 Å². The van der Waals surface area contributed by atoms with Crippen LogP contribution in [0.15, 0.2) is 34.9 Å². The van der Waals surface area contributed by atoms with Gasteiger partial charge in [-0.1, -0.05) is 22.9 Å². The molecular weight excluding hydrogens is 325 g/mol. The van der Waals surface area contributed by atoms with Crippen molar-refractivity contribution in [3.05, 3.63) is 46.3 Å². The van der Waals surface area contributed by atoms with Gasteiger partial charge in [0, 0.05) is 28.8 Å². The van der Waals surface area contributed by atoms with Crippen LogP contribution >= 0.6 is 15.9 Å². The van der Waals surface area contributed by atoms with Gasteiger partial charge in [-0.25, -0.2) is 9.37 Å². The summed E-state index contributed by atoms with van der Waals surface area (Å²) in [5.74, 6) is 0.663. The first-order valence-electron chi connectivity index (χ1n) is 6.32. The molecule has 0 unspecified atom stereocenters. The van der Waals surface area contributed by atoms with Crippen molar-refractivity contribution in [3.8, 4) is 5.88 Å². The molecule has 0 aliphatic rings. The molecular formula is C14H15BrFN3O. The van der Waals surface area contributed by atoms with Gasteiger partial charge in [0.2, 0.25) is 11.8 Å². The van der Waals surface area contributed by atoms with E-state index in [0.29, 0.717) is 30.5 Å². The number of hydrogen-bond acceptors (Lipinski definition) is 4. The number of anilines is 1. The molecule has 2 aromatic rings. The Morgan fingerprint density at radius 3 is 3.00 bits per heavy atom. The largest absolute Gasteiger partial charge is 0.478 e. The molecule has 0 spiro atoms. The molecule has 0 radical (unpaired) electrons. The minimum absolute atomic E-state index is 0.265. The first-order chi connectivity index (χ1) is 9.69. The van der Waals surface area contributed by atoms with E-state index in [-0.39, 0.29) is 5.82 Å². The van der Waals surface area contributed by atoms with Crippen molar-refractivity contribution in [2.75, 3.05) is 11.9 Å². The van der Waals surface area contributed by atoms with E-state index < -0.39 is 0 Å². The third-order valence-electron chi connectivity index (χ3n) is 2.53. The number of nitrogens with zero attached hydrogens (tertiary/aromatic N) is 2. The van der Waals surface area contributed by atoms with E-state index in [2.05, 4.69) is 31.2 Å². The molecule has 1 heterocycles. The summed E-state index contributed by atoms with van der Waals surface area (Å²) in [5.41, 5.74) is 0.544. The second-order valence-electron chi connectivity index (χ2n) is 4.16. The van der Waals surface area contributed by atoms with Gasteiger partial charge in [-0.15, -0.1) is 0 Å². The molecule has 0 aliphatic carbocycles. The van der Waals surface area contributed by atoms with Gasteiger partial charge in [-0.05, 0) is 24.6 Å². The monoisotopic (exact) mass is 339 g/mol. The maximum Gasteiger partial charge on any atom is 0.226 e. The molecule has 1 N–H and O–H groups in total. The van der Waals surface area contributed by atoms with Crippen molar-refractivity contribution in [1.82, 2.24) is 9.97 Å². The van der Waals surface area contributed by atoms with Crippen LogP contribution < -0.4 is 10.1 Å². The van der Waals surface area contributed by atoms with Crippen molar-refractivity contribution in [3.63, 3.8) is 0 Å². The van der Waals surface area contributed by atoms with E-state index in [1.807, 2.05) is 6.92 Å². The fourth-order valence-electron chi connectivity index (χ4n) is 1.57. The third kappa shape index (κ3) is 4.16. The SMILES string of the molecule is CCCOc1ccnc(NCc2cc(Br)ccc2F)n1. The molecule has 4 nitrogen and oxygen atoms in total. The van der Waals surface area contributed by atoms with Gasteiger partial charge < -0.3 is 10.1 Å². The summed E-state index contributed by atoms with van der Waals surface area (Å²) < 4.78 is 19.8. The zero-order valence-corrected chi connectivity index (χ0v) is 12.7. The fourth-order valence-corrected chi connectivity index (χ4v) is 1.98. The van der Waals surface area contributed by atoms with Crippen LogP contribution in [0.2, 0.25) is 0 Å². The van der Waals surface area contributed by atoms with Crippen molar-refractivity contribution in [2.24, 2.45) is 0 Å². The number of halogens is 2. The second-order valence-corrected chi connectivity index (χ2v) is 5.07. The van der Waals surface area contributed by atoms with Gasteiger partial charge in [0.1, 0.15) is 5.82 Å². The van der Waals surface area contributed by atoms with Crippen LogP contribution in [0.3, 0.4) is 0 Å². The maximum absolute atomic E-state index is 13.6. The summed E-state index contributed by atoms with van der Waals surface area (Å²) in [6.07, 6.45) is 2.52. The summed E-state index contributed by atoms with van der Waals surface area (Å²) >= 11 is 3.32. The molecule has 106 valence electrons. The molecule has 0 bridgehead atoms. The molecule has 0 fully saturated rings. The van der Waals surface area contributed by atoms with Crippen LogP contribution in [0.5, 0.6) is 5.88 Å². The summed E-state index contributed by atoms with van der Waals surface area (Å²) in [4.78, 5) is 8.28. The average Bonchev–Trinajstić information content (AvgIpc) is 2.46. The van der Waals surface area contributed by atoms with E-state index >= 15 is 0 Å². The highest BCUT2D eigenvalue weighted by Crippen LogP contribution is 2.17. The molecule has 0 saturated heterocycles. The fraction of sp³-hybridized carbons (Fsp3) is 0.286. The Morgan fingerprint density at radius 2 is 2.20 bits per heavy atom. The smallest absolute Gasteiger partial charge is 0.226 e. The van der Waals surface area contributed by atoms with E-state index in [9.17, 15) is 4.39 Å². The van der Waals surface area contributed by atoms with Crippen LogP contribution in [0.25, 0.3) is 0 Å². The lowest BCUT2D eigenvalue weighted by molar-refractivity contribution is 0.305. The highest BCUT2D eigenvalue weighted by molar-refractivity contribution is 9.10. The first-order valence-corrected chi connectivity index (χ1v) is 7.12. The van der Waals surface area contributed by atoms with Crippen LogP contribution in [0.4, 0.5) is 10.3 Å². The predicted molar refractivity (Wildman–Crippen MR) is 79.2 cm³/mol. The van der Waals surface area contributed by atoms with E-state index in [4.69, 9.17) is 4.74 Å². The lowest BCUT2D eigenvalue weighted by Crippen LogP contribution is -2.06. The normalized spacial score (nSPS) is 10.3. The van der Waals surface area contributed by atoms with Crippen LogP contribution in [-0.2, 0) is 6.54 Å². The van der Waals surface area contributed by atoms with Crippen molar-refractivity contribution >= 4 is 21.9 Å². The molecule has 0 aliphatic heterocycles. The number of ether oxygens (including phenoxy) is 1. The van der Waals surface area contributed by atoms with Crippen molar-refractivity contribution in [1.29, 1.82) is 0 Å². The molecule has 1 aromatic heterocycles. The molecule has 6 heteroatoms. The van der Waals surface area contributed by atoms with Crippen LogP contribution in [0, 0.1) is 5.82 Å². The predicted octanol–water partition coefficient (Wildman–Crippen LogP) is 3.78. The lowest BCUT2D eigenvalue weighted by Gasteiger charge is -2.08. The molecule has 20 heavy (non-hydrogen) atoms. The van der Waals surface area contributed by atoms with Crippen LogP contribution in [0.1, 0.15) is 18.9 Å². The highest BCUT2D eigenvalue weighted by atomic mass is 79.9. The highest BCUT2D eigenvalue weighted by Gasteiger charge is 2.04. The Kier molecular flexibility index (Phi) is 5.29. The average molecular weight is 340 g/mol. The van der Waals surface area contributed by atoms with Gasteiger partial charge in [0.05, 0.1) is 6.61 Å². The zero-order chi connectivity index (χ0) is 14.4. The van der Waals surface area contributed by atoms with Gasteiger partial charge in [0.15, 0.2) is 0 Å². The topological polar surface area (TPSA) is 47.0 Å². The quantitative estimate of drug-likeness (QED) is 0.869. The lowest BCUT2D eigenvalue weighted by atomic mass is 10.2. The number of aromatic nitrogens is 2. The van der Waals surface area contributed by atoms with Gasteiger partial charge >= 0.3 is 0 Å². The van der Waals surface area contributed by atoms with Gasteiger partial charge in [0.25, 0.3) is 0 Å². The molecule has 0 amide bonds. The Balaban J connectivity index is 2.01. The Hall–Kier alpha value is -1.69. The van der Waals surface area contributed by atoms with E-state index in [1.165, 1.54) is 6.07 Å². The van der Waals surface area contributed by atoms with E-state index in [1.54, 1.807) is 24.4 Å². The Labute approximate surface area is 125 Å².